The Balaban J connectivity index is 1.67. The van der Waals surface area contributed by atoms with Gasteiger partial charge >= 0.3 is 0 Å². The highest BCUT2D eigenvalue weighted by Gasteiger charge is 2.24. The average molecular weight is 369 g/mol. The lowest BCUT2D eigenvalue weighted by molar-refractivity contribution is 0.0957. The van der Waals surface area contributed by atoms with Gasteiger partial charge in [0, 0.05) is 44.2 Å². The molecule has 0 aromatic carbocycles. The molecule has 1 aromatic rings. The molecule has 2 heterocycles. The van der Waals surface area contributed by atoms with Crippen LogP contribution in [-0.2, 0) is 0 Å². The summed E-state index contributed by atoms with van der Waals surface area (Å²) < 4.78 is 0. The van der Waals surface area contributed by atoms with Gasteiger partial charge in [0.05, 0.1) is 4.88 Å². The molecule has 2 N–H and O–H groups in total. The highest BCUT2D eigenvalue weighted by atomic mass is 32.2. The number of hydrogen-bond acceptors (Lipinski definition) is 4. The first-order chi connectivity index (χ1) is 11.6. The van der Waals surface area contributed by atoms with Gasteiger partial charge in [-0.25, -0.2) is 0 Å². The van der Waals surface area contributed by atoms with E-state index >= 15 is 0 Å². The number of carbonyl (C=O) groups is 1. The van der Waals surface area contributed by atoms with E-state index in [1.54, 1.807) is 0 Å². The molecule has 1 aliphatic rings. The number of guanidine groups is 1. The first-order valence-corrected chi connectivity index (χ1v) is 10.4. The van der Waals surface area contributed by atoms with Crippen LogP contribution >= 0.6 is 23.1 Å². The van der Waals surface area contributed by atoms with Gasteiger partial charge in [0.1, 0.15) is 0 Å². The van der Waals surface area contributed by atoms with Crippen LogP contribution in [0, 0.1) is 5.92 Å². The predicted molar refractivity (Wildman–Crippen MR) is 105 cm³/mol. The quantitative estimate of drug-likeness (QED) is 0.460. The summed E-state index contributed by atoms with van der Waals surface area (Å²) in [5.41, 5.74) is 0. The van der Waals surface area contributed by atoms with Gasteiger partial charge in [0.2, 0.25) is 0 Å². The smallest absolute Gasteiger partial charge is 0.261 e. The molecule has 24 heavy (non-hydrogen) atoms. The van der Waals surface area contributed by atoms with Crippen molar-refractivity contribution in [1.29, 1.82) is 0 Å². The molecule has 1 atom stereocenters. The minimum Gasteiger partial charge on any atom is -0.356 e. The van der Waals surface area contributed by atoms with E-state index in [0.29, 0.717) is 17.7 Å². The Morgan fingerprint density at radius 1 is 1.42 bits per heavy atom. The lowest BCUT2D eigenvalue weighted by Crippen LogP contribution is -2.49. The minimum absolute atomic E-state index is 0.0159. The van der Waals surface area contributed by atoms with Crippen LogP contribution in [0.15, 0.2) is 22.5 Å². The summed E-state index contributed by atoms with van der Waals surface area (Å²) in [5.74, 6) is 2.83. The normalized spacial score (nSPS) is 18.8. The van der Waals surface area contributed by atoms with E-state index in [1.165, 1.54) is 11.3 Å². The second kappa shape index (κ2) is 9.93. The number of carbonyl (C=O) groups excluding carboxylic acids is 1. The average Bonchev–Trinajstić information content (AvgIpc) is 3.12. The molecular weight excluding hydrogens is 340 g/mol. The highest BCUT2D eigenvalue weighted by molar-refractivity contribution is 8.00. The molecule has 0 aliphatic carbocycles. The second-order valence-electron chi connectivity index (χ2n) is 6.16. The molecule has 1 amide bonds. The Labute approximate surface area is 153 Å². The Bertz CT molecular complexity index is 531. The molecular formula is C17H28N4OS2. The fraction of sp³-hybridized carbons (Fsp3) is 0.647. The van der Waals surface area contributed by atoms with Gasteiger partial charge in [-0.05, 0) is 23.8 Å². The standard InChI is InChI=1S/C17H28N4OS2/c1-13(2)15-12-21(9-11-24-15)17(18-3)20-8-5-7-19-16(22)14-6-4-10-23-14/h4,6,10,13,15H,5,7-9,11-12H2,1-3H3,(H,18,20)(H,19,22). The SMILES string of the molecule is CN=C(NCCCNC(=O)c1cccs1)N1CCSC(C(C)C)C1. The number of nitrogens with zero attached hydrogens (tertiary/aromatic N) is 2. The maximum Gasteiger partial charge on any atom is 0.261 e. The van der Waals surface area contributed by atoms with Gasteiger partial charge in [0.15, 0.2) is 5.96 Å². The third-order valence-corrected chi connectivity index (χ3v) is 6.42. The van der Waals surface area contributed by atoms with Crippen molar-refractivity contribution in [3.05, 3.63) is 22.4 Å². The lowest BCUT2D eigenvalue weighted by Gasteiger charge is -2.36. The zero-order chi connectivity index (χ0) is 17.4. The maximum absolute atomic E-state index is 11.9. The van der Waals surface area contributed by atoms with E-state index in [0.717, 1.165) is 42.6 Å². The van der Waals surface area contributed by atoms with E-state index in [1.807, 2.05) is 24.6 Å². The molecule has 0 spiro atoms. The zero-order valence-electron chi connectivity index (χ0n) is 14.7. The number of rotatable bonds is 6. The van der Waals surface area contributed by atoms with E-state index in [9.17, 15) is 4.79 Å². The van der Waals surface area contributed by atoms with Gasteiger partial charge < -0.3 is 15.5 Å². The van der Waals surface area contributed by atoms with Crippen LogP contribution in [0.2, 0.25) is 0 Å². The van der Waals surface area contributed by atoms with Crippen LogP contribution in [-0.4, -0.2) is 61.0 Å². The topological polar surface area (TPSA) is 56.7 Å². The molecule has 1 saturated heterocycles. The summed E-state index contributed by atoms with van der Waals surface area (Å²) in [5, 5.41) is 8.97. The Kier molecular flexibility index (Phi) is 7.91. The Hall–Kier alpha value is -1.21. The molecule has 0 saturated carbocycles. The molecule has 0 bridgehead atoms. The summed E-state index contributed by atoms with van der Waals surface area (Å²) in [6.45, 7) is 8.15. The van der Waals surface area contributed by atoms with Crippen molar-refractivity contribution < 1.29 is 4.79 Å². The summed E-state index contributed by atoms with van der Waals surface area (Å²) in [4.78, 5) is 19.4. The zero-order valence-corrected chi connectivity index (χ0v) is 16.4. The second-order valence-corrected chi connectivity index (χ2v) is 8.45. The molecule has 5 nitrogen and oxygen atoms in total. The molecule has 1 aromatic heterocycles. The van der Waals surface area contributed by atoms with Crippen molar-refractivity contribution in [2.75, 3.05) is 39.0 Å². The number of thiophene rings is 1. The third kappa shape index (κ3) is 5.70. The summed E-state index contributed by atoms with van der Waals surface area (Å²) in [6.07, 6.45) is 0.881. The minimum atomic E-state index is 0.0159. The van der Waals surface area contributed by atoms with Gasteiger partial charge in [-0.3, -0.25) is 9.79 Å². The van der Waals surface area contributed by atoms with Crippen molar-refractivity contribution in [3.63, 3.8) is 0 Å². The number of aliphatic imine (C=N–C) groups is 1. The first-order valence-electron chi connectivity index (χ1n) is 8.50. The van der Waals surface area contributed by atoms with Crippen LogP contribution < -0.4 is 10.6 Å². The predicted octanol–water partition coefficient (Wildman–Crippen LogP) is 2.52. The summed E-state index contributed by atoms with van der Waals surface area (Å²) >= 11 is 3.53. The molecule has 0 radical (unpaired) electrons. The van der Waals surface area contributed by atoms with Crippen molar-refractivity contribution in [1.82, 2.24) is 15.5 Å². The Morgan fingerprint density at radius 2 is 2.21 bits per heavy atom. The Morgan fingerprint density at radius 3 is 2.88 bits per heavy atom. The van der Waals surface area contributed by atoms with Crippen LogP contribution in [0.1, 0.15) is 29.9 Å². The van der Waals surface area contributed by atoms with Gasteiger partial charge in [-0.15, -0.1) is 11.3 Å². The van der Waals surface area contributed by atoms with E-state index in [-0.39, 0.29) is 5.91 Å². The van der Waals surface area contributed by atoms with E-state index < -0.39 is 0 Å². The maximum atomic E-state index is 11.9. The van der Waals surface area contributed by atoms with Crippen molar-refractivity contribution >= 4 is 35.0 Å². The van der Waals surface area contributed by atoms with Crippen LogP contribution in [0.3, 0.4) is 0 Å². The van der Waals surface area contributed by atoms with Crippen molar-refractivity contribution in [3.8, 4) is 0 Å². The molecule has 2 rings (SSSR count). The molecule has 134 valence electrons. The fourth-order valence-corrected chi connectivity index (χ4v) is 4.53. The van der Waals surface area contributed by atoms with E-state index in [2.05, 4.69) is 46.1 Å². The van der Waals surface area contributed by atoms with Crippen molar-refractivity contribution in [2.45, 2.75) is 25.5 Å². The van der Waals surface area contributed by atoms with Gasteiger partial charge in [0.25, 0.3) is 5.91 Å². The fourth-order valence-electron chi connectivity index (χ4n) is 2.59. The number of nitrogens with one attached hydrogen (secondary N) is 2. The van der Waals surface area contributed by atoms with Gasteiger partial charge in [-0.2, -0.15) is 11.8 Å². The summed E-state index contributed by atoms with van der Waals surface area (Å²) in [7, 11) is 1.84. The molecule has 1 fully saturated rings. The van der Waals surface area contributed by atoms with Crippen LogP contribution in [0.4, 0.5) is 0 Å². The van der Waals surface area contributed by atoms with Gasteiger partial charge in [-0.1, -0.05) is 19.9 Å². The molecule has 7 heteroatoms. The molecule has 1 unspecified atom stereocenters. The number of thioether (sulfide) groups is 1. The van der Waals surface area contributed by atoms with Crippen LogP contribution in [0.25, 0.3) is 0 Å². The number of amides is 1. The largest absolute Gasteiger partial charge is 0.356 e. The lowest BCUT2D eigenvalue weighted by atomic mass is 10.1. The molecule has 1 aliphatic heterocycles. The summed E-state index contributed by atoms with van der Waals surface area (Å²) in [6, 6.07) is 3.74. The third-order valence-electron chi connectivity index (χ3n) is 4.02. The monoisotopic (exact) mass is 368 g/mol. The first kappa shape index (κ1) is 19.1. The highest BCUT2D eigenvalue weighted by Crippen LogP contribution is 2.24. The van der Waals surface area contributed by atoms with E-state index in [4.69, 9.17) is 0 Å². The number of hydrogen-bond donors (Lipinski definition) is 2. The van der Waals surface area contributed by atoms with Crippen molar-refractivity contribution in [2.24, 2.45) is 10.9 Å². The van der Waals surface area contributed by atoms with Crippen LogP contribution in [0.5, 0.6) is 0 Å².